The van der Waals surface area contributed by atoms with Crippen LogP contribution in [0.2, 0.25) is 0 Å². The molecule has 0 saturated heterocycles. The van der Waals surface area contributed by atoms with Crippen molar-refractivity contribution in [3.05, 3.63) is 95.3 Å². The third kappa shape index (κ3) is 3.27. The summed E-state index contributed by atoms with van der Waals surface area (Å²) in [4.78, 5) is 6.89. The van der Waals surface area contributed by atoms with E-state index in [2.05, 4.69) is 59.1 Å². The third-order valence-electron chi connectivity index (χ3n) is 4.77. The molecule has 3 aromatic rings. The van der Waals surface area contributed by atoms with Crippen molar-refractivity contribution in [3.63, 3.8) is 0 Å². The van der Waals surface area contributed by atoms with E-state index in [-0.39, 0.29) is 0 Å². The molecule has 1 atom stereocenters. The van der Waals surface area contributed by atoms with Crippen molar-refractivity contribution in [2.45, 2.75) is 18.9 Å². The molecule has 0 aliphatic carbocycles. The zero-order valence-corrected chi connectivity index (χ0v) is 14.3. The number of aromatic nitrogens is 1. The summed E-state index contributed by atoms with van der Waals surface area (Å²) >= 11 is 0. The molecule has 0 saturated carbocycles. The van der Waals surface area contributed by atoms with E-state index >= 15 is 0 Å². The molecule has 0 amide bonds. The van der Waals surface area contributed by atoms with Gasteiger partial charge in [-0.1, -0.05) is 36.1 Å². The number of pyridine rings is 1. The summed E-state index contributed by atoms with van der Waals surface area (Å²) in [6.07, 6.45) is 4.01. The van der Waals surface area contributed by atoms with E-state index in [0.717, 1.165) is 29.7 Å². The van der Waals surface area contributed by atoms with Crippen LogP contribution in [0.25, 0.3) is 0 Å². The molecule has 1 aliphatic rings. The maximum Gasteiger partial charge on any atom is 0.0713 e. The van der Waals surface area contributed by atoms with Gasteiger partial charge in [-0.15, -0.1) is 0 Å². The molecule has 0 unspecified atom stereocenters. The van der Waals surface area contributed by atoms with Gasteiger partial charge in [-0.25, -0.2) is 0 Å². The molecule has 2 aromatic carbocycles. The van der Waals surface area contributed by atoms with Crippen molar-refractivity contribution in [2.75, 3.05) is 11.9 Å². The fourth-order valence-electron chi connectivity index (χ4n) is 3.45. The first kappa shape index (κ1) is 15.5. The van der Waals surface area contributed by atoms with Crippen LogP contribution in [-0.2, 0) is 6.42 Å². The van der Waals surface area contributed by atoms with E-state index in [9.17, 15) is 0 Å². The van der Waals surface area contributed by atoms with Gasteiger partial charge in [0, 0.05) is 30.1 Å². The van der Waals surface area contributed by atoms with E-state index in [1.165, 1.54) is 11.3 Å². The molecular formula is C23H20N2. The molecule has 25 heavy (non-hydrogen) atoms. The predicted molar refractivity (Wildman–Crippen MR) is 103 cm³/mol. The molecule has 0 bridgehead atoms. The van der Waals surface area contributed by atoms with Gasteiger partial charge in [-0.2, -0.15) is 0 Å². The van der Waals surface area contributed by atoms with Crippen LogP contribution in [0.5, 0.6) is 0 Å². The number of aryl methyl sites for hydroxylation is 1. The molecule has 2 heteroatoms. The smallest absolute Gasteiger partial charge is 0.0713 e. The number of anilines is 1. The third-order valence-corrected chi connectivity index (χ3v) is 4.77. The number of rotatable bonds is 1. The number of nitrogens with zero attached hydrogens (tertiary/aromatic N) is 2. The summed E-state index contributed by atoms with van der Waals surface area (Å²) in [6.45, 7) is 0. The first-order valence-corrected chi connectivity index (χ1v) is 8.65. The molecule has 122 valence electrons. The van der Waals surface area contributed by atoms with Crippen LogP contribution < -0.4 is 4.90 Å². The van der Waals surface area contributed by atoms with Crippen LogP contribution in [0.1, 0.15) is 34.8 Å². The quantitative estimate of drug-likeness (QED) is 0.608. The normalized spacial score (nSPS) is 15.9. The van der Waals surface area contributed by atoms with E-state index in [1.54, 1.807) is 0 Å². The first-order valence-electron chi connectivity index (χ1n) is 8.65. The van der Waals surface area contributed by atoms with Crippen LogP contribution in [0, 0.1) is 11.8 Å². The monoisotopic (exact) mass is 324 g/mol. The lowest BCUT2D eigenvalue weighted by atomic mass is 9.93. The highest BCUT2D eigenvalue weighted by atomic mass is 15.2. The van der Waals surface area contributed by atoms with Gasteiger partial charge in [-0.05, 0) is 60.9 Å². The summed E-state index contributed by atoms with van der Waals surface area (Å²) in [6, 6.07) is 23.2. The first-order chi connectivity index (χ1) is 12.3. The van der Waals surface area contributed by atoms with Gasteiger partial charge in [0.15, 0.2) is 0 Å². The van der Waals surface area contributed by atoms with Crippen LogP contribution in [0.15, 0.2) is 72.9 Å². The molecule has 0 radical (unpaired) electrons. The summed E-state index contributed by atoms with van der Waals surface area (Å²) in [5, 5.41) is 0. The summed E-state index contributed by atoms with van der Waals surface area (Å²) in [7, 11) is 2.16. The Morgan fingerprint density at radius 1 is 0.920 bits per heavy atom. The molecule has 0 N–H and O–H groups in total. The minimum Gasteiger partial charge on any atom is -0.366 e. The SMILES string of the molecule is CN1c2ccc(C#Cc3ccccc3)cc2CC[C@H]1c1ccccn1. The summed E-state index contributed by atoms with van der Waals surface area (Å²) in [5.41, 5.74) is 5.92. The Morgan fingerprint density at radius 2 is 1.72 bits per heavy atom. The lowest BCUT2D eigenvalue weighted by Crippen LogP contribution is -2.29. The van der Waals surface area contributed by atoms with Gasteiger partial charge in [0.05, 0.1) is 11.7 Å². The van der Waals surface area contributed by atoms with E-state index in [0.29, 0.717) is 6.04 Å². The highest BCUT2D eigenvalue weighted by molar-refractivity contribution is 5.60. The van der Waals surface area contributed by atoms with Gasteiger partial charge >= 0.3 is 0 Å². The lowest BCUT2D eigenvalue weighted by Gasteiger charge is -2.35. The zero-order valence-electron chi connectivity index (χ0n) is 14.3. The Balaban J connectivity index is 1.60. The van der Waals surface area contributed by atoms with Gasteiger partial charge in [-0.3, -0.25) is 4.98 Å². The average Bonchev–Trinajstić information content (AvgIpc) is 2.68. The largest absolute Gasteiger partial charge is 0.366 e. The van der Waals surface area contributed by atoms with Gasteiger partial charge < -0.3 is 4.90 Å². The van der Waals surface area contributed by atoms with Gasteiger partial charge in [0.25, 0.3) is 0 Å². The van der Waals surface area contributed by atoms with Crippen molar-refractivity contribution in [1.82, 2.24) is 4.98 Å². The fraction of sp³-hybridized carbons (Fsp3) is 0.174. The maximum atomic E-state index is 4.54. The second kappa shape index (κ2) is 6.83. The molecule has 1 aromatic heterocycles. The lowest BCUT2D eigenvalue weighted by molar-refractivity contribution is 0.570. The Kier molecular flexibility index (Phi) is 4.23. The minimum absolute atomic E-state index is 0.343. The number of hydrogen-bond acceptors (Lipinski definition) is 2. The second-order valence-electron chi connectivity index (χ2n) is 6.38. The number of hydrogen-bond donors (Lipinski definition) is 0. The molecule has 1 aliphatic heterocycles. The Bertz CT molecular complexity index is 921. The van der Waals surface area contributed by atoms with Crippen LogP contribution in [0.3, 0.4) is 0 Å². The Labute approximate surface area is 149 Å². The molecule has 2 nitrogen and oxygen atoms in total. The second-order valence-corrected chi connectivity index (χ2v) is 6.38. The Morgan fingerprint density at radius 3 is 2.52 bits per heavy atom. The van der Waals surface area contributed by atoms with Gasteiger partial charge in [0.1, 0.15) is 0 Å². The van der Waals surface area contributed by atoms with Crippen molar-refractivity contribution >= 4 is 5.69 Å². The van der Waals surface area contributed by atoms with E-state index in [1.807, 2.05) is 42.6 Å². The fourth-order valence-corrected chi connectivity index (χ4v) is 3.45. The standard InChI is InChI=1S/C23H20N2/c1-25-22-14-12-19(11-10-18-7-3-2-4-8-18)17-20(22)13-15-23(25)21-9-5-6-16-24-21/h2-9,12,14,16-17,23H,13,15H2,1H3/t23-/m0/s1. The minimum atomic E-state index is 0.343. The summed E-state index contributed by atoms with van der Waals surface area (Å²) in [5.74, 6) is 6.53. The number of fused-ring (bicyclic) bond motifs is 1. The van der Waals surface area contributed by atoms with E-state index in [4.69, 9.17) is 0 Å². The predicted octanol–water partition coefficient (Wildman–Crippen LogP) is 4.61. The molecule has 0 fully saturated rings. The van der Waals surface area contributed by atoms with Crippen LogP contribution >= 0.6 is 0 Å². The zero-order chi connectivity index (χ0) is 17.1. The van der Waals surface area contributed by atoms with Gasteiger partial charge in [0.2, 0.25) is 0 Å². The Hall–Kier alpha value is -3.05. The highest BCUT2D eigenvalue weighted by Gasteiger charge is 2.25. The van der Waals surface area contributed by atoms with Crippen LogP contribution in [0.4, 0.5) is 5.69 Å². The topological polar surface area (TPSA) is 16.1 Å². The van der Waals surface area contributed by atoms with E-state index < -0.39 is 0 Å². The van der Waals surface area contributed by atoms with Crippen molar-refractivity contribution in [1.29, 1.82) is 0 Å². The summed E-state index contributed by atoms with van der Waals surface area (Å²) < 4.78 is 0. The number of benzene rings is 2. The highest BCUT2D eigenvalue weighted by Crippen LogP contribution is 2.36. The molecule has 2 heterocycles. The van der Waals surface area contributed by atoms with Crippen molar-refractivity contribution in [3.8, 4) is 11.8 Å². The molecule has 4 rings (SSSR count). The molecular weight excluding hydrogens is 304 g/mol. The van der Waals surface area contributed by atoms with Crippen molar-refractivity contribution in [2.24, 2.45) is 0 Å². The van der Waals surface area contributed by atoms with Crippen molar-refractivity contribution < 1.29 is 0 Å². The molecule has 0 spiro atoms. The maximum absolute atomic E-state index is 4.54. The van der Waals surface area contributed by atoms with Crippen LogP contribution in [-0.4, -0.2) is 12.0 Å². The average molecular weight is 324 g/mol.